The molecular weight excluding hydrogens is 406 g/mol. The van der Waals surface area contributed by atoms with E-state index in [0.29, 0.717) is 32.6 Å². The number of methoxy groups -OCH3 is 1. The van der Waals surface area contributed by atoms with E-state index in [-0.39, 0.29) is 24.4 Å². The zero-order valence-electron chi connectivity index (χ0n) is 18.5. The summed E-state index contributed by atoms with van der Waals surface area (Å²) in [5.74, 6) is 1.61. The molecule has 8 heteroatoms. The van der Waals surface area contributed by atoms with Gasteiger partial charge in [0.05, 0.1) is 30.7 Å². The number of aromatic amines is 1. The minimum absolute atomic E-state index is 0.0415. The Bertz CT molecular complexity index is 1060. The molecule has 0 spiro atoms. The fourth-order valence-electron chi connectivity index (χ4n) is 4.22. The third-order valence-corrected chi connectivity index (χ3v) is 5.90. The van der Waals surface area contributed by atoms with E-state index >= 15 is 0 Å². The van der Waals surface area contributed by atoms with Crippen molar-refractivity contribution in [3.05, 3.63) is 59.9 Å². The highest BCUT2D eigenvalue weighted by molar-refractivity contribution is 5.78. The van der Waals surface area contributed by atoms with Crippen molar-refractivity contribution in [3.8, 4) is 5.75 Å². The number of nitrogens with one attached hydrogen (secondary N) is 2. The third-order valence-electron chi connectivity index (χ3n) is 5.90. The summed E-state index contributed by atoms with van der Waals surface area (Å²) in [6, 6.07) is 15.6. The lowest BCUT2D eigenvalue weighted by molar-refractivity contribution is -0.132. The Morgan fingerprint density at radius 2 is 1.94 bits per heavy atom. The van der Waals surface area contributed by atoms with Crippen LogP contribution in [-0.4, -0.2) is 71.4 Å². The van der Waals surface area contributed by atoms with Gasteiger partial charge in [-0.05, 0) is 18.2 Å². The molecule has 1 fully saturated rings. The molecule has 2 N–H and O–H groups in total. The molecule has 4 rings (SSSR count). The number of aromatic nitrogens is 2. The van der Waals surface area contributed by atoms with Crippen molar-refractivity contribution in [1.82, 2.24) is 25.1 Å². The minimum atomic E-state index is -0.107. The Labute approximate surface area is 187 Å². The number of imidazole rings is 1. The molecule has 2 heterocycles. The number of carbonyl (C=O) groups excluding carboxylic acids is 2. The number of fused-ring (bicyclic) bond motifs is 1. The topological polar surface area (TPSA) is 90.6 Å². The Kier molecular flexibility index (Phi) is 6.70. The van der Waals surface area contributed by atoms with Gasteiger partial charge in [-0.2, -0.15) is 0 Å². The Morgan fingerprint density at radius 3 is 2.72 bits per heavy atom. The van der Waals surface area contributed by atoms with Gasteiger partial charge >= 0.3 is 0 Å². The molecule has 1 aliphatic heterocycles. The molecule has 0 radical (unpaired) electrons. The lowest BCUT2D eigenvalue weighted by Crippen LogP contribution is -2.52. The van der Waals surface area contributed by atoms with Gasteiger partial charge in [0.1, 0.15) is 11.6 Å². The quantitative estimate of drug-likeness (QED) is 0.593. The smallest absolute Gasteiger partial charge is 0.234 e. The summed E-state index contributed by atoms with van der Waals surface area (Å²) in [4.78, 5) is 36.5. The summed E-state index contributed by atoms with van der Waals surface area (Å²) >= 11 is 0. The van der Waals surface area contributed by atoms with E-state index in [0.717, 1.165) is 28.2 Å². The van der Waals surface area contributed by atoms with E-state index in [1.165, 1.54) is 0 Å². The number of H-pyrrole nitrogens is 1. The van der Waals surface area contributed by atoms with Crippen molar-refractivity contribution in [3.63, 3.8) is 0 Å². The molecule has 1 saturated heterocycles. The van der Waals surface area contributed by atoms with Crippen LogP contribution >= 0.6 is 0 Å². The maximum atomic E-state index is 12.7. The maximum absolute atomic E-state index is 12.7. The predicted octanol–water partition coefficient (Wildman–Crippen LogP) is 2.14. The molecule has 1 aliphatic rings. The summed E-state index contributed by atoms with van der Waals surface area (Å²) < 4.78 is 5.55. The van der Waals surface area contributed by atoms with Crippen molar-refractivity contribution in [2.24, 2.45) is 0 Å². The van der Waals surface area contributed by atoms with Crippen molar-refractivity contribution >= 4 is 22.8 Å². The highest BCUT2D eigenvalue weighted by atomic mass is 16.5. The van der Waals surface area contributed by atoms with Gasteiger partial charge in [0.25, 0.3) is 0 Å². The second-order valence-corrected chi connectivity index (χ2v) is 7.99. The first-order chi connectivity index (χ1) is 15.5. The van der Waals surface area contributed by atoms with Crippen LogP contribution in [0.25, 0.3) is 11.0 Å². The monoisotopic (exact) mass is 435 g/mol. The van der Waals surface area contributed by atoms with E-state index in [2.05, 4.69) is 20.2 Å². The van der Waals surface area contributed by atoms with Gasteiger partial charge in [-0.3, -0.25) is 14.5 Å². The second kappa shape index (κ2) is 9.82. The van der Waals surface area contributed by atoms with Crippen LogP contribution in [0.4, 0.5) is 0 Å². The number of amides is 2. The zero-order chi connectivity index (χ0) is 22.5. The van der Waals surface area contributed by atoms with Gasteiger partial charge < -0.3 is 19.9 Å². The standard InChI is InChI=1S/C24H29N5O3/c1-17(30)28-13-14-29(21(15-28)18-7-3-6-10-22(18)32-2)16-24(31)25-12-11-23-26-19-8-4-5-9-20(19)27-23/h3-10,21H,11-16H2,1-2H3,(H,25,31)(H,26,27). The molecule has 0 saturated carbocycles. The fraction of sp³-hybridized carbons (Fsp3) is 0.375. The fourth-order valence-corrected chi connectivity index (χ4v) is 4.22. The maximum Gasteiger partial charge on any atom is 0.234 e. The number of nitrogens with zero attached hydrogens (tertiary/aromatic N) is 3. The summed E-state index contributed by atoms with van der Waals surface area (Å²) in [5, 5.41) is 3.00. The number of rotatable bonds is 7. The molecule has 32 heavy (non-hydrogen) atoms. The molecular formula is C24H29N5O3. The van der Waals surface area contributed by atoms with Gasteiger partial charge in [-0.1, -0.05) is 30.3 Å². The second-order valence-electron chi connectivity index (χ2n) is 7.99. The molecule has 168 valence electrons. The number of hydrogen-bond donors (Lipinski definition) is 2. The number of piperazine rings is 1. The van der Waals surface area contributed by atoms with E-state index in [4.69, 9.17) is 4.74 Å². The first-order valence-corrected chi connectivity index (χ1v) is 10.9. The lowest BCUT2D eigenvalue weighted by atomic mass is 10.0. The first kappa shape index (κ1) is 21.8. The van der Waals surface area contributed by atoms with Crippen molar-refractivity contribution in [2.75, 3.05) is 39.8 Å². The van der Waals surface area contributed by atoms with E-state index in [1.54, 1.807) is 14.0 Å². The van der Waals surface area contributed by atoms with Crippen LogP contribution in [-0.2, 0) is 16.0 Å². The van der Waals surface area contributed by atoms with Crippen molar-refractivity contribution in [2.45, 2.75) is 19.4 Å². The van der Waals surface area contributed by atoms with Crippen molar-refractivity contribution < 1.29 is 14.3 Å². The average Bonchev–Trinajstić information content (AvgIpc) is 3.22. The third kappa shape index (κ3) is 4.91. The highest BCUT2D eigenvalue weighted by Gasteiger charge is 2.32. The predicted molar refractivity (Wildman–Crippen MR) is 122 cm³/mol. The SMILES string of the molecule is COc1ccccc1C1CN(C(C)=O)CCN1CC(=O)NCCc1nc2ccccc2[nH]1. The number of hydrogen-bond acceptors (Lipinski definition) is 5. The molecule has 1 unspecified atom stereocenters. The molecule has 8 nitrogen and oxygen atoms in total. The normalized spacial score (nSPS) is 16.8. The largest absolute Gasteiger partial charge is 0.496 e. The molecule has 2 amide bonds. The van der Waals surface area contributed by atoms with Gasteiger partial charge in [0.15, 0.2) is 0 Å². The van der Waals surface area contributed by atoms with E-state index in [1.807, 2.05) is 53.4 Å². The molecule has 1 atom stereocenters. The Balaban J connectivity index is 1.39. The lowest BCUT2D eigenvalue weighted by Gasteiger charge is -2.41. The number of benzene rings is 2. The van der Waals surface area contributed by atoms with Crippen LogP contribution < -0.4 is 10.1 Å². The van der Waals surface area contributed by atoms with Gasteiger partial charge in [-0.15, -0.1) is 0 Å². The number of para-hydroxylation sites is 3. The van der Waals surface area contributed by atoms with E-state index < -0.39 is 0 Å². The van der Waals surface area contributed by atoms with Crippen LogP contribution in [0.5, 0.6) is 5.75 Å². The highest BCUT2D eigenvalue weighted by Crippen LogP contribution is 2.32. The van der Waals surface area contributed by atoms with Gasteiger partial charge in [0, 0.05) is 45.1 Å². The van der Waals surface area contributed by atoms with Gasteiger partial charge in [0.2, 0.25) is 11.8 Å². The van der Waals surface area contributed by atoms with Crippen LogP contribution in [0, 0.1) is 0 Å². The molecule has 0 bridgehead atoms. The Hall–Kier alpha value is -3.39. The molecule has 1 aromatic heterocycles. The summed E-state index contributed by atoms with van der Waals surface area (Å²) in [5.41, 5.74) is 2.91. The van der Waals surface area contributed by atoms with Crippen molar-refractivity contribution in [1.29, 1.82) is 0 Å². The zero-order valence-corrected chi connectivity index (χ0v) is 18.5. The summed E-state index contributed by atoms with van der Waals surface area (Å²) in [6.07, 6.45) is 0.633. The minimum Gasteiger partial charge on any atom is -0.496 e. The molecule has 2 aromatic carbocycles. The number of carbonyl (C=O) groups is 2. The Morgan fingerprint density at radius 1 is 1.16 bits per heavy atom. The average molecular weight is 436 g/mol. The molecule has 0 aliphatic carbocycles. The van der Waals surface area contributed by atoms with Crippen LogP contribution in [0.2, 0.25) is 0 Å². The van der Waals surface area contributed by atoms with E-state index in [9.17, 15) is 9.59 Å². The summed E-state index contributed by atoms with van der Waals surface area (Å²) in [6.45, 7) is 4.11. The summed E-state index contributed by atoms with van der Waals surface area (Å²) in [7, 11) is 1.64. The number of ether oxygens (including phenoxy) is 1. The van der Waals surface area contributed by atoms with Crippen LogP contribution in [0.15, 0.2) is 48.5 Å². The van der Waals surface area contributed by atoms with Crippen LogP contribution in [0.1, 0.15) is 24.4 Å². The molecule has 3 aromatic rings. The first-order valence-electron chi connectivity index (χ1n) is 10.9. The van der Waals surface area contributed by atoms with Crippen LogP contribution in [0.3, 0.4) is 0 Å². The van der Waals surface area contributed by atoms with Gasteiger partial charge in [-0.25, -0.2) is 4.98 Å².